The minimum atomic E-state index is -4.96. The summed E-state index contributed by atoms with van der Waals surface area (Å²) in [5, 5.41) is 0. The van der Waals surface area contributed by atoms with Crippen molar-refractivity contribution in [2.24, 2.45) is 11.8 Å². The number of halogens is 2. The molecule has 4 aromatic rings. The number of fused-ring (bicyclic) bond motifs is 2. The van der Waals surface area contributed by atoms with Crippen LogP contribution in [0, 0.1) is 25.7 Å². The van der Waals surface area contributed by atoms with Gasteiger partial charge in [0, 0.05) is 0 Å². The summed E-state index contributed by atoms with van der Waals surface area (Å²) in [7, 11) is 17.8. The third-order valence-electron chi connectivity index (χ3n) is 12.0. The van der Waals surface area contributed by atoms with Crippen LogP contribution in [0.15, 0.2) is 83.9 Å². The van der Waals surface area contributed by atoms with Crippen LogP contribution in [-0.2, 0) is 28.4 Å². The quantitative estimate of drug-likeness (QED) is 0.133. The molecule has 0 aromatic heterocycles. The van der Waals surface area contributed by atoms with Crippen LogP contribution in [-0.4, -0.2) is 5.92 Å². The van der Waals surface area contributed by atoms with Gasteiger partial charge in [-0.15, -0.1) is 0 Å². The molecule has 2 unspecified atom stereocenters. The van der Waals surface area contributed by atoms with E-state index in [-0.39, 0.29) is 7.25 Å². The van der Waals surface area contributed by atoms with E-state index in [4.69, 9.17) is 17.0 Å². The summed E-state index contributed by atoms with van der Waals surface area (Å²) in [6.45, 7) is 23.5. The van der Waals surface area contributed by atoms with Crippen LogP contribution in [0.4, 0.5) is 0 Å². The molecule has 0 spiro atoms. The maximum absolute atomic E-state index is 8.89. The molecule has 2 atom stereocenters. The van der Waals surface area contributed by atoms with E-state index in [9.17, 15) is 0 Å². The first-order valence-electron chi connectivity index (χ1n) is 19.2. The van der Waals surface area contributed by atoms with Gasteiger partial charge in [-0.25, -0.2) is 0 Å². The topological polar surface area (TPSA) is 0 Å². The second-order valence-corrected chi connectivity index (χ2v) is 58.7. The molecule has 4 heteroatoms. The second-order valence-electron chi connectivity index (χ2n) is 16.2. The van der Waals surface area contributed by atoms with Crippen molar-refractivity contribution in [3.63, 3.8) is 0 Å². The average Bonchev–Trinajstić information content (AvgIpc) is 3.67. The van der Waals surface area contributed by atoms with Gasteiger partial charge < -0.3 is 0 Å². The summed E-state index contributed by atoms with van der Waals surface area (Å²) >= 11 is -4.96. The molecule has 2 aliphatic rings. The Morgan fingerprint density at radius 2 is 0.980 bits per heavy atom. The molecule has 6 rings (SSSR count). The van der Waals surface area contributed by atoms with Crippen LogP contribution >= 0.6 is 17.0 Å². The summed E-state index contributed by atoms with van der Waals surface area (Å²) in [5.74, 6) is -1.01. The van der Waals surface area contributed by atoms with Crippen molar-refractivity contribution in [1.29, 1.82) is 0 Å². The molecule has 50 heavy (non-hydrogen) atoms. The van der Waals surface area contributed by atoms with Crippen LogP contribution in [0.2, 0.25) is 13.1 Å². The number of allylic oxidation sites excluding steroid dienone is 2. The Hall–Kier alpha value is -1.96. The van der Waals surface area contributed by atoms with Gasteiger partial charge in [0.1, 0.15) is 0 Å². The van der Waals surface area contributed by atoms with Gasteiger partial charge in [-0.05, 0) is 0 Å². The van der Waals surface area contributed by atoms with E-state index in [0.717, 1.165) is 25.7 Å². The van der Waals surface area contributed by atoms with Crippen molar-refractivity contribution in [1.82, 2.24) is 0 Å². The van der Waals surface area contributed by atoms with Crippen LogP contribution in [0.5, 0.6) is 0 Å². The van der Waals surface area contributed by atoms with Crippen LogP contribution in [0.25, 0.3) is 34.4 Å². The molecule has 0 N–H and O–H groups in total. The second kappa shape index (κ2) is 14.5. The number of aryl methyl sites for hydroxylation is 4. The van der Waals surface area contributed by atoms with Gasteiger partial charge in [-0.1, -0.05) is 0 Å². The van der Waals surface area contributed by atoms with E-state index in [1.165, 1.54) is 77.9 Å². The molecular formula is C46H57Cl2SiZr. The van der Waals surface area contributed by atoms with E-state index in [1.807, 2.05) is 0 Å². The number of hydrogen-bond donors (Lipinski definition) is 0. The van der Waals surface area contributed by atoms with Crippen molar-refractivity contribution >= 4 is 35.1 Å². The van der Waals surface area contributed by atoms with Crippen LogP contribution in [0.3, 0.4) is 0 Å². The van der Waals surface area contributed by atoms with E-state index in [0.29, 0.717) is 11.8 Å². The van der Waals surface area contributed by atoms with Crippen LogP contribution in [0.1, 0.15) is 106 Å². The van der Waals surface area contributed by atoms with E-state index in [2.05, 4.69) is 153 Å². The summed E-state index contributed by atoms with van der Waals surface area (Å²) in [6, 6.07) is 27.6. The molecule has 263 valence electrons. The van der Waals surface area contributed by atoms with Crippen molar-refractivity contribution in [2.75, 3.05) is 0 Å². The molecule has 0 aliphatic heterocycles. The first-order valence-corrected chi connectivity index (χ1v) is 35.5. The summed E-state index contributed by atoms with van der Waals surface area (Å²) in [6.07, 6.45) is 9.45. The van der Waals surface area contributed by atoms with Gasteiger partial charge >= 0.3 is 315 Å². The predicted molar refractivity (Wildman–Crippen MR) is 223 cm³/mol. The average molecular weight is 800 g/mol. The Balaban J connectivity index is 1.68. The number of rotatable bonds is 11. The van der Waals surface area contributed by atoms with Crippen molar-refractivity contribution < 1.29 is 15.6 Å². The maximum atomic E-state index is 8.89. The fraction of sp³-hybridized carbons (Fsp3) is 0.391. The molecule has 0 nitrogen and oxygen atoms in total. The first-order chi connectivity index (χ1) is 23.8. The normalized spacial score (nSPS) is 17.9. The molecule has 4 aromatic carbocycles. The summed E-state index contributed by atoms with van der Waals surface area (Å²) < 4.78 is 0.158. The Bertz CT molecular complexity index is 1860. The Morgan fingerprint density at radius 1 is 0.600 bits per heavy atom. The summed E-state index contributed by atoms with van der Waals surface area (Å²) in [5.41, 5.74) is 19.4. The zero-order chi connectivity index (χ0) is 36.1. The SMILES string of the molecule is CCCc1ccc2c(c1-c1ccccc1C)C=C(C(C)C)[CH]2[Zr]([Cl])([Cl])([CH]1C(C(C)C)=Cc2c1ccc(CCC)c2-c1ccccc1C)[SiH](C)C. The van der Waals surface area contributed by atoms with Crippen molar-refractivity contribution in [2.45, 2.75) is 101 Å². The van der Waals surface area contributed by atoms with Crippen LogP contribution < -0.4 is 0 Å². The van der Waals surface area contributed by atoms with Crippen molar-refractivity contribution in [3.05, 3.63) is 128 Å². The van der Waals surface area contributed by atoms with Gasteiger partial charge in [-0.3, -0.25) is 0 Å². The molecule has 0 amide bonds. The Kier molecular flexibility index (Phi) is 10.9. The fourth-order valence-corrected chi connectivity index (χ4v) is 40.9. The standard InChI is InChI=1S/2C22H25.C2H7Si.2ClH.Zr/c2*1-5-8-17-11-12-18-13-19(15(2)3)14-21(18)22(17)20-10-7-6-9-16(20)4;1-3-2;;;/h2*6-7,9-15H,5,8H2,1-4H3;3H,1-2H3;2*1H;/q;;;;;+2/p-2. The van der Waals surface area contributed by atoms with E-state index < -0.39 is 21.5 Å². The monoisotopic (exact) mass is 797 g/mol. The molecule has 0 bridgehead atoms. The van der Waals surface area contributed by atoms with Gasteiger partial charge in [0.15, 0.2) is 0 Å². The van der Waals surface area contributed by atoms with E-state index in [1.54, 1.807) is 0 Å². The van der Waals surface area contributed by atoms with Gasteiger partial charge in [0.05, 0.1) is 0 Å². The molecule has 0 heterocycles. The number of benzene rings is 4. The number of hydrogen-bond acceptors (Lipinski definition) is 0. The summed E-state index contributed by atoms with van der Waals surface area (Å²) in [4.78, 5) is 0. The molecule has 2 aliphatic carbocycles. The molecule has 0 radical (unpaired) electrons. The van der Waals surface area contributed by atoms with Gasteiger partial charge in [0.25, 0.3) is 0 Å². The Labute approximate surface area is 312 Å². The van der Waals surface area contributed by atoms with E-state index >= 15 is 0 Å². The zero-order valence-electron chi connectivity index (χ0n) is 32.1. The third-order valence-corrected chi connectivity index (χ3v) is 63.7. The third kappa shape index (κ3) is 6.07. The minimum absolute atomic E-state index is 0.0789. The van der Waals surface area contributed by atoms with Gasteiger partial charge in [-0.2, -0.15) is 0 Å². The first kappa shape index (κ1) is 37.8. The molecular weight excluding hydrogens is 743 g/mol. The van der Waals surface area contributed by atoms with Crippen molar-refractivity contribution in [3.8, 4) is 22.3 Å². The molecule has 0 saturated heterocycles. The van der Waals surface area contributed by atoms with Gasteiger partial charge in [0.2, 0.25) is 0 Å². The zero-order valence-corrected chi connectivity index (χ0v) is 37.2. The predicted octanol–water partition coefficient (Wildman–Crippen LogP) is 14.4. The Morgan fingerprint density at radius 3 is 1.30 bits per heavy atom. The molecule has 0 saturated carbocycles. The molecule has 0 fully saturated rings. The fourth-order valence-electron chi connectivity index (χ4n) is 9.40.